The van der Waals surface area contributed by atoms with Gasteiger partial charge < -0.3 is 10.5 Å². The predicted octanol–water partition coefficient (Wildman–Crippen LogP) is 4.46. The molecule has 0 spiro atoms. The van der Waals surface area contributed by atoms with Gasteiger partial charge in [-0.25, -0.2) is 0 Å². The van der Waals surface area contributed by atoms with Crippen molar-refractivity contribution in [2.75, 3.05) is 0 Å². The van der Waals surface area contributed by atoms with Crippen molar-refractivity contribution in [2.24, 2.45) is 5.73 Å². The molecule has 5 nitrogen and oxygen atoms in total. The monoisotopic (exact) mass is 326 g/mol. The van der Waals surface area contributed by atoms with E-state index >= 15 is 0 Å². The van der Waals surface area contributed by atoms with Crippen LogP contribution in [0.3, 0.4) is 0 Å². The van der Waals surface area contributed by atoms with E-state index in [0.29, 0.717) is 12.3 Å². The van der Waals surface area contributed by atoms with Gasteiger partial charge in [-0.3, -0.25) is 10.1 Å². The Morgan fingerprint density at radius 1 is 1.19 bits per heavy atom. The van der Waals surface area contributed by atoms with E-state index in [1.807, 2.05) is 13.0 Å². The Morgan fingerprint density at radius 3 is 2.43 bits per heavy atom. The number of nitro benzene ring substituents is 1. The lowest BCUT2D eigenvalue weighted by atomic mass is 10.1. The van der Waals surface area contributed by atoms with Crippen molar-refractivity contribution in [2.45, 2.75) is 13.5 Å². The summed E-state index contributed by atoms with van der Waals surface area (Å²) in [5, 5.41) is 11.4. The molecule has 0 aliphatic rings. The van der Waals surface area contributed by atoms with E-state index < -0.39 is 4.92 Å². The van der Waals surface area contributed by atoms with Gasteiger partial charge in [0.2, 0.25) is 5.75 Å². The van der Waals surface area contributed by atoms with E-state index in [4.69, 9.17) is 33.7 Å². The largest absolute Gasteiger partial charge is 0.450 e. The summed E-state index contributed by atoms with van der Waals surface area (Å²) in [5.74, 6) is 0.534. The quantitative estimate of drug-likeness (QED) is 0.664. The van der Waals surface area contributed by atoms with Gasteiger partial charge >= 0.3 is 5.69 Å². The van der Waals surface area contributed by atoms with Crippen molar-refractivity contribution in [3.63, 3.8) is 0 Å². The third kappa shape index (κ3) is 3.44. The molecule has 21 heavy (non-hydrogen) atoms. The fourth-order valence-electron chi connectivity index (χ4n) is 1.81. The van der Waals surface area contributed by atoms with E-state index in [1.165, 1.54) is 12.1 Å². The van der Waals surface area contributed by atoms with Crippen LogP contribution in [0.25, 0.3) is 0 Å². The molecular weight excluding hydrogens is 315 g/mol. The Morgan fingerprint density at radius 2 is 1.86 bits per heavy atom. The van der Waals surface area contributed by atoms with Crippen molar-refractivity contribution in [3.8, 4) is 11.5 Å². The second-order valence-electron chi connectivity index (χ2n) is 4.40. The highest BCUT2D eigenvalue weighted by Gasteiger charge is 2.19. The summed E-state index contributed by atoms with van der Waals surface area (Å²) < 4.78 is 5.61. The number of rotatable bonds is 4. The number of hydrogen-bond donors (Lipinski definition) is 1. The second kappa shape index (κ2) is 6.30. The van der Waals surface area contributed by atoms with Crippen LogP contribution >= 0.6 is 23.2 Å². The molecule has 0 aromatic heterocycles. The molecule has 0 bridgehead atoms. The molecule has 0 atom stereocenters. The maximum absolute atomic E-state index is 11.1. The fraction of sp³-hybridized carbons (Fsp3) is 0.143. The third-order valence-electron chi connectivity index (χ3n) is 2.89. The van der Waals surface area contributed by atoms with Crippen LogP contribution < -0.4 is 10.5 Å². The van der Waals surface area contributed by atoms with E-state index in [9.17, 15) is 10.1 Å². The van der Waals surface area contributed by atoms with Gasteiger partial charge in [-0.1, -0.05) is 35.3 Å². The summed E-state index contributed by atoms with van der Waals surface area (Å²) in [6, 6.07) is 7.87. The van der Waals surface area contributed by atoms with E-state index in [2.05, 4.69) is 0 Å². The molecule has 2 rings (SSSR count). The molecule has 0 unspecified atom stereocenters. The molecule has 0 fully saturated rings. The first-order valence-electron chi connectivity index (χ1n) is 6.03. The first-order chi connectivity index (χ1) is 9.92. The average molecular weight is 327 g/mol. The molecule has 0 heterocycles. The van der Waals surface area contributed by atoms with E-state index in [1.54, 1.807) is 12.1 Å². The van der Waals surface area contributed by atoms with Gasteiger partial charge in [0.25, 0.3) is 0 Å². The number of nitrogens with two attached hydrogens (primary N) is 1. The van der Waals surface area contributed by atoms with Gasteiger partial charge in [0.1, 0.15) is 5.75 Å². The van der Waals surface area contributed by atoms with Gasteiger partial charge in [-0.05, 0) is 24.1 Å². The van der Waals surface area contributed by atoms with Crippen LogP contribution in [0.2, 0.25) is 10.0 Å². The van der Waals surface area contributed by atoms with E-state index in [-0.39, 0.29) is 21.5 Å². The van der Waals surface area contributed by atoms with Gasteiger partial charge in [0.05, 0.1) is 15.0 Å². The molecule has 0 aliphatic carbocycles. The molecule has 2 aromatic rings. The van der Waals surface area contributed by atoms with Crippen molar-refractivity contribution < 1.29 is 9.66 Å². The first kappa shape index (κ1) is 15.6. The SMILES string of the molecule is Cc1cc(CN)ccc1Oc1cc(Cl)c(Cl)cc1[N+](=O)[O-]. The van der Waals surface area contributed by atoms with Crippen molar-refractivity contribution in [1.29, 1.82) is 0 Å². The molecule has 7 heteroatoms. The van der Waals surface area contributed by atoms with Crippen molar-refractivity contribution in [1.82, 2.24) is 0 Å². The number of nitrogens with zero attached hydrogens (tertiary/aromatic N) is 1. The van der Waals surface area contributed by atoms with Crippen LogP contribution in [0.1, 0.15) is 11.1 Å². The molecule has 2 N–H and O–H groups in total. The fourth-order valence-corrected chi connectivity index (χ4v) is 2.13. The Bertz CT molecular complexity index is 705. The topological polar surface area (TPSA) is 78.4 Å². The maximum atomic E-state index is 11.1. The van der Waals surface area contributed by atoms with Crippen molar-refractivity contribution >= 4 is 28.9 Å². The maximum Gasteiger partial charge on any atom is 0.313 e. The molecule has 2 aromatic carbocycles. The lowest BCUT2D eigenvalue weighted by molar-refractivity contribution is -0.385. The molecule has 0 saturated carbocycles. The number of benzene rings is 2. The van der Waals surface area contributed by atoms with Gasteiger partial charge in [-0.2, -0.15) is 0 Å². The lowest BCUT2D eigenvalue weighted by Gasteiger charge is -2.11. The number of halogens is 2. The Labute approximate surface area is 131 Å². The zero-order valence-electron chi connectivity index (χ0n) is 11.1. The number of hydrogen-bond acceptors (Lipinski definition) is 4. The summed E-state index contributed by atoms with van der Waals surface area (Å²) in [7, 11) is 0. The molecule has 110 valence electrons. The van der Waals surface area contributed by atoms with E-state index in [0.717, 1.165) is 11.1 Å². The Kier molecular flexibility index (Phi) is 4.67. The minimum atomic E-state index is -0.568. The van der Waals surface area contributed by atoms with Crippen LogP contribution in [0.15, 0.2) is 30.3 Å². The van der Waals surface area contributed by atoms with Crippen molar-refractivity contribution in [3.05, 3.63) is 61.6 Å². The summed E-state index contributed by atoms with van der Waals surface area (Å²) in [6.45, 7) is 2.24. The lowest BCUT2D eigenvalue weighted by Crippen LogP contribution is -1.98. The minimum absolute atomic E-state index is 0.0398. The summed E-state index contributed by atoms with van der Waals surface area (Å²) in [4.78, 5) is 10.5. The van der Waals surface area contributed by atoms with Crippen LogP contribution in [0.4, 0.5) is 5.69 Å². The molecule has 0 radical (unpaired) electrons. The Hall–Kier alpha value is -1.82. The summed E-state index contributed by atoms with van der Waals surface area (Å²) in [6.07, 6.45) is 0. The highest BCUT2D eigenvalue weighted by atomic mass is 35.5. The van der Waals surface area contributed by atoms with Gasteiger partial charge in [-0.15, -0.1) is 0 Å². The molecule has 0 aliphatic heterocycles. The molecular formula is C14H12Cl2N2O3. The molecule has 0 saturated heterocycles. The van der Waals surface area contributed by atoms with Crippen LogP contribution in [0, 0.1) is 17.0 Å². The standard InChI is InChI=1S/C14H12Cl2N2O3/c1-8-4-9(7-17)2-3-13(8)21-14-6-11(16)10(15)5-12(14)18(19)20/h2-6H,7,17H2,1H3. The smallest absolute Gasteiger partial charge is 0.313 e. The van der Waals surface area contributed by atoms with Gasteiger partial charge in [0, 0.05) is 18.7 Å². The second-order valence-corrected chi connectivity index (χ2v) is 5.21. The summed E-state index contributed by atoms with van der Waals surface area (Å²) in [5.41, 5.74) is 7.08. The summed E-state index contributed by atoms with van der Waals surface area (Å²) >= 11 is 11.7. The zero-order chi connectivity index (χ0) is 15.6. The first-order valence-corrected chi connectivity index (χ1v) is 6.79. The Balaban J connectivity index is 2.43. The number of aryl methyl sites for hydroxylation is 1. The minimum Gasteiger partial charge on any atom is -0.450 e. The highest BCUT2D eigenvalue weighted by molar-refractivity contribution is 6.42. The average Bonchev–Trinajstić information content (AvgIpc) is 2.44. The molecule has 0 amide bonds. The van der Waals surface area contributed by atoms with Gasteiger partial charge in [0.15, 0.2) is 0 Å². The predicted molar refractivity (Wildman–Crippen MR) is 82.3 cm³/mol. The zero-order valence-corrected chi connectivity index (χ0v) is 12.6. The van der Waals surface area contributed by atoms with Crippen LogP contribution in [-0.4, -0.2) is 4.92 Å². The number of ether oxygens (including phenoxy) is 1. The van der Waals surface area contributed by atoms with Crippen LogP contribution in [0.5, 0.6) is 11.5 Å². The third-order valence-corrected chi connectivity index (χ3v) is 3.62. The number of nitro groups is 1. The normalized spacial score (nSPS) is 10.5. The highest BCUT2D eigenvalue weighted by Crippen LogP contribution is 2.38. The van der Waals surface area contributed by atoms with Crippen LogP contribution in [-0.2, 0) is 6.54 Å².